The van der Waals surface area contributed by atoms with Crippen LogP contribution < -0.4 is 21.1 Å². The molecule has 1 amide bonds. The van der Waals surface area contributed by atoms with Gasteiger partial charge in [-0.3, -0.25) is 4.79 Å². The molecule has 1 heterocycles. The summed E-state index contributed by atoms with van der Waals surface area (Å²) in [4.78, 5) is 21.1. The van der Waals surface area contributed by atoms with Gasteiger partial charge in [-0.1, -0.05) is 11.6 Å². The van der Waals surface area contributed by atoms with Gasteiger partial charge in [0.15, 0.2) is 0 Å². The smallest absolute Gasteiger partial charge is 0.490 e. The third kappa shape index (κ3) is 6.60. The molecule has 5 N–H and O–H groups in total. The number of amides is 1. The van der Waals surface area contributed by atoms with Gasteiger partial charge in [0.2, 0.25) is 0 Å². The monoisotopic (exact) mass is 397 g/mol. The molecule has 1 fully saturated rings. The number of carboxylic acids is 1. The van der Waals surface area contributed by atoms with Crippen molar-refractivity contribution in [3.8, 4) is 5.75 Å². The molecule has 1 aromatic rings. The van der Waals surface area contributed by atoms with Gasteiger partial charge in [-0.25, -0.2) is 4.79 Å². The average molecular weight is 398 g/mol. The minimum absolute atomic E-state index is 0.175. The van der Waals surface area contributed by atoms with Crippen LogP contribution in [0.2, 0.25) is 5.02 Å². The van der Waals surface area contributed by atoms with Crippen molar-refractivity contribution in [1.29, 1.82) is 0 Å². The van der Waals surface area contributed by atoms with Crippen LogP contribution in [0.25, 0.3) is 0 Å². The lowest BCUT2D eigenvalue weighted by atomic mass is 10.1. The first-order valence-corrected chi connectivity index (χ1v) is 7.88. The Kier molecular flexibility index (Phi) is 7.97. The summed E-state index contributed by atoms with van der Waals surface area (Å²) in [6.45, 7) is 1.84. The van der Waals surface area contributed by atoms with Gasteiger partial charge in [0, 0.05) is 12.1 Å². The van der Waals surface area contributed by atoms with Crippen molar-refractivity contribution in [2.45, 2.75) is 25.1 Å². The lowest BCUT2D eigenvalue weighted by Crippen LogP contribution is -2.42. The van der Waals surface area contributed by atoms with E-state index in [0.29, 0.717) is 22.0 Å². The predicted molar refractivity (Wildman–Crippen MR) is 89.5 cm³/mol. The van der Waals surface area contributed by atoms with Gasteiger partial charge in [0.25, 0.3) is 5.91 Å². The Morgan fingerprint density at radius 3 is 2.35 bits per heavy atom. The van der Waals surface area contributed by atoms with Gasteiger partial charge in [-0.05, 0) is 32.0 Å². The number of piperidine rings is 1. The van der Waals surface area contributed by atoms with Crippen LogP contribution >= 0.6 is 11.6 Å². The second-order valence-corrected chi connectivity index (χ2v) is 5.78. The fraction of sp³-hybridized carbons (Fsp3) is 0.467. The van der Waals surface area contributed by atoms with Crippen LogP contribution in [0.3, 0.4) is 0 Å². The Morgan fingerprint density at radius 2 is 1.88 bits per heavy atom. The fourth-order valence-corrected chi connectivity index (χ4v) is 2.31. The SMILES string of the molecule is COc1cc(N)c(Cl)cc1C(=O)NC1CCNCC1.O=C(O)C(F)(F)F. The van der Waals surface area contributed by atoms with Gasteiger partial charge in [-0.15, -0.1) is 0 Å². The Hall–Kier alpha value is -2.20. The van der Waals surface area contributed by atoms with Crippen LogP contribution in [0.4, 0.5) is 18.9 Å². The number of nitrogens with one attached hydrogen (secondary N) is 2. The Labute approximate surface area is 152 Å². The molecule has 0 atom stereocenters. The molecule has 0 bridgehead atoms. The highest BCUT2D eigenvalue weighted by Gasteiger charge is 2.38. The lowest BCUT2D eigenvalue weighted by molar-refractivity contribution is -0.192. The van der Waals surface area contributed by atoms with E-state index in [1.54, 1.807) is 12.1 Å². The largest absolute Gasteiger partial charge is 0.496 e. The number of benzene rings is 1. The third-order valence-corrected chi connectivity index (χ3v) is 3.81. The van der Waals surface area contributed by atoms with Crippen molar-refractivity contribution in [2.24, 2.45) is 0 Å². The van der Waals surface area contributed by atoms with Crippen molar-refractivity contribution in [3.63, 3.8) is 0 Å². The highest BCUT2D eigenvalue weighted by atomic mass is 35.5. The summed E-state index contributed by atoms with van der Waals surface area (Å²) in [7, 11) is 1.50. The molecule has 1 saturated heterocycles. The molecular weight excluding hydrogens is 379 g/mol. The third-order valence-electron chi connectivity index (χ3n) is 3.48. The normalized spacial score (nSPS) is 14.8. The van der Waals surface area contributed by atoms with E-state index in [1.807, 2.05) is 0 Å². The highest BCUT2D eigenvalue weighted by molar-refractivity contribution is 6.33. The minimum atomic E-state index is -5.08. The molecule has 2 rings (SSSR count). The molecule has 0 saturated carbocycles. The molecule has 26 heavy (non-hydrogen) atoms. The van der Waals surface area contributed by atoms with Crippen molar-refractivity contribution >= 4 is 29.2 Å². The summed E-state index contributed by atoms with van der Waals surface area (Å²) in [5.74, 6) is -2.49. The zero-order valence-electron chi connectivity index (χ0n) is 13.8. The summed E-state index contributed by atoms with van der Waals surface area (Å²) in [5, 5.41) is 13.7. The number of hydrogen-bond acceptors (Lipinski definition) is 5. The van der Waals surface area contributed by atoms with Gasteiger partial charge < -0.3 is 26.2 Å². The first kappa shape index (κ1) is 21.8. The van der Waals surface area contributed by atoms with Crippen LogP contribution in [0.1, 0.15) is 23.2 Å². The second kappa shape index (κ2) is 9.48. The van der Waals surface area contributed by atoms with E-state index in [4.69, 9.17) is 32.0 Å². The number of anilines is 1. The summed E-state index contributed by atoms with van der Waals surface area (Å²) in [6.07, 6.45) is -3.23. The molecule has 0 spiro atoms. The van der Waals surface area contributed by atoms with Crippen molar-refractivity contribution in [1.82, 2.24) is 10.6 Å². The van der Waals surface area contributed by atoms with Crippen LogP contribution in [-0.2, 0) is 4.79 Å². The molecule has 1 aliphatic heterocycles. The van der Waals surface area contributed by atoms with Crippen LogP contribution in [0.5, 0.6) is 5.75 Å². The topological polar surface area (TPSA) is 114 Å². The number of carbonyl (C=O) groups excluding carboxylic acids is 1. The number of hydrogen-bond donors (Lipinski definition) is 4. The molecule has 0 radical (unpaired) electrons. The Bertz CT molecular complexity index is 650. The van der Waals surface area contributed by atoms with Gasteiger partial charge >= 0.3 is 12.1 Å². The number of alkyl halides is 3. The number of carbonyl (C=O) groups is 2. The summed E-state index contributed by atoms with van der Waals surface area (Å²) in [6, 6.07) is 3.31. The first-order chi connectivity index (χ1) is 12.1. The maximum atomic E-state index is 12.2. The molecule has 1 aromatic carbocycles. The molecule has 7 nitrogen and oxygen atoms in total. The Balaban J connectivity index is 0.000000412. The first-order valence-electron chi connectivity index (χ1n) is 7.51. The van der Waals surface area contributed by atoms with Crippen LogP contribution in [0.15, 0.2) is 12.1 Å². The lowest BCUT2D eigenvalue weighted by Gasteiger charge is -2.24. The van der Waals surface area contributed by atoms with E-state index in [9.17, 15) is 18.0 Å². The highest BCUT2D eigenvalue weighted by Crippen LogP contribution is 2.28. The standard InChI is InChI=1S/C13H18ClN3O2.C2HF3O2/c1-19-12-7-11(15)10(14)6-9(12)13(18)17-8-2-4-16-5-3-8;3-2(4,5)1(6)7/h6-8,16H,2-5,15H2,1H3,(H,17,18);(H,6,7). The van der Waals surface area contributed by atoms with Crippen LogP contribution in [0, 0.1) is 0 Å². The average Bonchev–Trinajstić information content (AvgIpc) is 2.57. The number of aliphatic carboxylic acids is 1. The maximum absolute atomic E-state index is 12.2. The summed E-state index contributed by atoms with van der Waals surface area (Å²) >= 11 is 5.96. The second-order valence-electron chi connectivity index (χ2n) is 5.37. The van der Waals surface area contributed by atoms with E-state index in [2.05, 4.69) is 10.6 Å². The van der Waals surface area contributed by atoms with Crippen molar-refractivity contribution in [2.75, 3.05) is 25.9 Å². The fourth-order valence-electron chi connectivity index (χ4n) is 2.14. The quantitative estimate of drug-likeness (QED) is 0.580. The predicted octanol–water partition coefficient (Wildman–Crippen LogP) is 2.05. The van der Waals surface area contributed by atoms with E-state index >= 15 is 0 Å². The van der Waals surface area contributed by atoms with Gasteiger partial charge in [-0.2, -0.15) is 13.2 Å². The van der Waals surface area contributed by atoms with Crippen molar-refractivity contribution in [3.05, 3.63) is 22.7 Å². The molecule has 146 valence electrons. The molecule has 11 heteroatoms. The van der Waals surface area contributed by atoms with E-state index < -0.39 is 12.1 Å². The minimum Gasteiger partial charge on any atom is -0.496 e. The van der Waals surface area contributed by atoms with Crippen molar-refractivity contribution < 1.29 is 32.6 Å². The number of rotatable bonds is 3. The summed E-state index contributed by atoms with van der Waals surface area (Å²) in [5.41, 5.74) is 6.51. The molecular formula is C15H19ClF3N3O4. The zero-order chi connectivity index (χ0) is 19.9. The Morgan fingerprint density at radius 1 is 1.35 bits per heavy atom. The van der Waals surface area contributed by atoms with Gasteiger partial charge in [0.05, 0.1) is 23.4 Å². The van der Waals surface area contributed by atoms with Crippen LogP contribution in [-0.4, -0.2) is 49.4 Å². The molecule has 0 aliphatic carbocycles. The summed E-state index contributed by atoms with van der Waals surface area (Å²) < 4.78 is 36.9. The molecule has 0 aromatic heterocycles. The number of carboxylic acid groups (broad SMARTS) is 1. The van der Waals surface area contributed by atoms with E-state index in [-0.39, 0.29) is 11.9 Å². The number of ether oxygens (including phenoxy) is 1. The number of methoxy groups -OCH3 is 1. The van der Waals surface area contributed by atoms with Gasteiger partial charge in [0.1, 0.15) is 5.75 Å². The number of nitrogen functional groups attached to an aromatic ring is 1. The zero-order valence-corrected chi connectivity index (χ0v) is 14.6. The maximum Gasteiger partial charge on any atom is 0.490 e. The molecule has 1 aliphatic rings. The number of nitrogens with two attached hydrogens (primary N) is 1. The van der Waals surface area contributed by atoms with E-state index in [0.717, 1.165) is 25.9 Å². The van der Waals surface area contributed by atoms with E-state index in [1.165, 1.54) is 7.11 Å². The molecule has 0 unspecified atom stereocenters. The number of halogens is 4.